The smallest absolute Gasteiger partial charge is 0.301 e. The van der Waals surface area contributed by atoms with Gasteiger partial charge in [-0.3, -0.25) is 14.3 Å². The van der Waals surface area contributed by atoms with Crippen LogP contribution in [0.3, 0.4) is 0 Å². The van der Waals surface area contributed by atoms with Gasteiger partial charge in [0.2, 0.25) is 0 Å². The van der Waals surface area contributed by atoms with Crippen LogP contribution in [0.5, 0.6) is 6.01 Å². The van der Waals surface area contributed by atoms with Gasteiger partial charge in [-0.2, -0.15) is 4.98 Å². The van der Waals surface area contributed by atoms with Crippen LogP contribution in [-0.2, 0) is 0 Å². The molecule has 0 saturated carbocycles. The summed E-state index contributed by atoms with van der Waals surface area (Å²) in [4.78, 5) is 19.1. The van der Waals surface area contributed by atoms with E-state index in [9.17, 15) is 9.18 Å². The van der Waals surface area contributed by atoms with Crippen molar-refractivity contribution in [1.29, 1.82) is 0 Å². The molecule has 1 aliphatic heterocycles. The van der Waals surface area contributed by atoms with Gasteiger partial charge in [-0.05, 0) is 49.4 Å². The van der Waals surface area contributed by atoms with Crippen molar-refractivity contribution < 1.29 is 13.9 Å². The lowest BCUT2D eigenvalue weighted by Gasteiger charge is -2.27. The van der Waals surface area contributed by atoms with Crippen molar-refractivity contribution in [1.82, 2.24) is 14.5 Å². The quantitative estimate of drug-likeness (QED) is 0.476. The molecule has 6 heteroatoms. The van der Waals surface area contributed by atoms with E-state index in [1.165, 1.54) is 17.8 Å². The van der Waals surface area contributed by atoms with Gasteiger partial charge in [0, 0.05) is 37.2 Å². The molecule has 0 amide bonds. The van der Waals surface area contributed by atoms with Crippen LogP contribution in [0.25, 0.3) is 16.7 Å². The van der Waals surface area contributed by atoms with E-state index in [1.807, 2.05) is 32.0 Å². The fourth-order valence-corrected chi connectivity index (χ4v) is 3.77. The van der Waals surface area contributed by atoms with Crippen molar-refractivity contribution in [2.45, 2.75) is 33.1 Å². The van der Waals surface area contributed by atoms with E-state index in [1.54, 1.807) is 19.2 Å². The Hall–Kier alpha value is -2.99. The zero-order valence-electron chi connectivity index (χ0n) is 18.5. The summed E-state index contributed by atoms with van der Waals surface area (Å²) in [5.41, 5.74) is 3.74. The number of benzene rings is 2. The maximum absolute atomic E-state index is 13.0. The van der Waals surface area contributed by atoms with Crippen LogP contribution in [0.1, 0.15) is 43.5 Å². The Morgan fingerprint density at radius 1 is 1.13 bits per heavy atom. The Bertz CT molecular complexity index is 1040. The second-order valence-corrected chi connectivity index (χ2v) is 7.20. The first-order valence-electron chi connectivity index (χ1n) is 10.9. The van der Waals surface area contributed by atoms with Gasteiger partial charge in [-0.1, -0.05) is 32.1 Å². The number of carbonyl (C=O) groups excluding carboxylic acids is 1. The van der Waals surface area contributed by atoms with E-state index in [-0.39, 0.29) is 11.6 Å². The molecule has 0 radical (unpaired) electrons. The lowest BCUT2D eigenvalue weighted by molar-refractivity contribution is 0.0975. The van der Waals surface area contributed by atoms with Gasteiger partial charge in [0.25, 0.3) is 0 Å². The van der Waals surface area contributed by atoms with Gasteiger partial charge in [0.05, 0.1) is 18.1 Å². The molecule has 0 unspecified atom stereocenters. The summed E-state index contributed by atoms with van der Waals surface area (Å²) in [6.45, 7) is 6.61. The van der Waals surface area contributed by atoms with Gasteiger partial charge in [-0.15, -0.1) is 0 Å². The number of imidazole rings is 1. The molecular formula is C25H30FN3O2. The predicted molar refractivity (Wildman–Crippen MR) is 123 cm³/mol. The highest BCUT2D eigenvalue weighted by atomic mass is 19.1. The highest BCUT2D eigenvalue weighted by Gasteiger charge is 2.19. The monoisotopic (exact) mass is 423 g/mol. The summed E-state index contributed by atoms with van der Waals surface area (Å²) in [6.07, 6.45) is 4.36. The van der Waals surface area contributed by atoms with Gasteiger partial charge in [0.1, 0.15) is 5.82 Å². The Morgan fingerprint density at radius 2 is 1.87 bits per heavy atom. The Kier molecular flexibility index (Phi) is 7.95. The summed E-state index contributed by atoms with van der Waals surface area (Å²) < 4.78 is 20.6. The van der Waals surface area contributed by atoms with Crippen LogP contribution in [0, 0.1) is 5.82 Å². The maximum atomic E-state index is 13.0. The number of aromatic nitrogens is 2. The number of ether oxygens (including phenoxy) is 1. The van der Waals surface area contributed by atoms with Crippen molar-refractivity contribution in [2.75, 3.05) is 26.7 Å². The Labute approximate surface area is 183 Å². The molecule has 3 aromatic rings. The van der Waals surface area contributed by atoms with Crippen molar-refractivity contribution in [3.8, 4) is 6.01 Å². The molecule has 2 aromatic carbocycles. The number of hydrogen-bond donors (Lipinski definition) is 0. The van der Waals surface area contributed by atoms with Gasteiger partial charge >= 0.3 is 6.01 Å². The van der Waals surface area contributed by atoms with Crippen LogP contribution in [-0.4, -0.2) is 47.0 Å². The molecule has 5 nitrogen and oxygen atoms in total. The fraction of sp³-hybridized carbons (Fsp3) is 0.360. The molecule has 1 aromatic heterocycles. The van der Waals surface area contributed by atoms with Crippen molar-refractivity contribution >= 4 is 22.5 Å². The van der Waals surface area contributed by atoms with Crippen molar-refractivity contribution in [3.63, 3.8) is 0 Å². The number of methoxy groups -OCH3 is 1. The van der Waals surface area contributed by atoms with E-state index >= 15 is 0 Å². The standard InChI is InChI=1S/C23H24FN3O2.C2H6/c1-29-23-25-20-5-2-3-6-21(20)27(23)19-12-15-26(16-13-19)14-4-7-22(28)17-8-10-18(24)11-9-17;1-2/h2-3,5-6,8-12H,4,7,13-16H2,1H3;1-2H3. The number of carbonyl (C=O) groups is 1. The van der Waals surface area contributed by atoms with Crippen molar-refractivity contribution in [3.05, 3.63) is 66.0 Å². The summed E-state index contributed by atoms with van der Waals surface area (Å²) in [6, 6.07) is 14.4. The Morgan fingerprint density at radius 3 is 2.55 bits per heavy atom. The summed E-state index contributed by atoms with van der Waals surface area (Å²) in [7, 11) is 1.64. The normalized spacial score (nSPS) is 14.0. The average Bonchev–Trinajstić information content (AvgIpc) is 3.20. The van der Waals surface area contributed by atoms with Crippen LogP contribution in [0.2, 0.25) is 0 Å². The number of rotatable bonds is 7. The first-order chi connectivity index (χ1) is 15.2. The van der Waals surface area contributed by atoms with Gasteiger partial charge < -0.3 is 4.74 Å². The van der Waals surface area contributed by atoms with E-state index < -0.39 is 0 Å². The molecular weight excluding hydrogens is 393 g/mol. The highest BCUT2D eigenvalue weighted by molar-refractivity contribution is 5.95. The minimum absolute atomic E-state index is 0.0628. The molecule has 1 aliphatic rings. The number of para-hydroxylation sites is 2. The van der Waals surface area contributed by atoms with E-state index in [2.05, 4.69) is 26.6 Å². The summed E-state index contributed by atoms with van der Waals surface area (Å²) in [5, 5.41) is 0. The van der Waals surface area contributed by atoms with Crippen molar-refractivity contribution in [2.24, 2.45) is 0 Å². The van der Waals surface area contributed by atoms with Gasteiger partial charge in [0.15, 0.2) is 5.78 Å². The lowest BCUT2D eigenvalue weighted by Crippen LogP contribution is -2.30. The molecule has 0 atom stereocenters. The zero-order valence-corrected chi connectivity index (χ0v) is 18.5. The molecule has 0 spiro atoms. The third kappa shape index (κ3) is 5.39. The first kappa shape index (κ1) is 22.7. The molecule has 2 heterocycles. The minimum Gasteiger partial charge on any atom is -0.468 e. The maximum Gasteiger partial charge on any atom is 0.301 e. The third-order valence-corrected chi connectivity index (χ3v) is 5.31. The zero-order chi connectivity index (χ0) is 22.2. The lowest BCUT2D eigenvalue weighted by atomic mass is 10.1. The second kappa shape index (κ2) is 10.9. The Balaban J connectivity index is 0.00000132. The molecule has 0 bridgehead atoms. The highest BCUT2D eigenvalue weighted by Crippen LogP contribution is 2.28. The molecule has 0 N–H and O–H groups in total. The molecule has 164 valence electrons. The first-order valence-corrected chi connectivity index (χ1v) is 10.9. The predicted octanol–water partition coefficient (Wildman–Crippen LogP) is 5.42. The molecule has 4 rings (SSSR count). The SMILES string of the molecule is CC.COc1nc2ccccc2n1C1=CCN(CCCC(=O)c2ccc(F)cc2)CC1. The number of halogens is 1. The number of hydrogen-bond acceptors (Lipinski definition) is 4. The van der Waals surface area contributed by atoms with E-state index in [0.717, 1.165) is 43.5 Å². The van der Waals surface area contributed by atoms with Crippen LogP contribution >= 0.6 is 0 Å². The van der Waals surface area contributed by atoms with Crippen LogP contribution in [0.4, 0.5) is 4.39 Å². The number of fused-ring (bicyclic) bond motifs is 1. The fourth-order valence-electron chi connectivity index (χ4n) is 3.77. The number of nitrogens with zero attached hydrogens (tertiary/aromatic N) is 3. The number of Topliss-reactive ketones (excluding diaryl/α,β-unsaturated/α-hetero) is 1. The number of ketones is 1. The topological polar surface area (TPSA) is 47.4 Å². The molecule has 0 aliphatic carbocycles. The van der Waals surface area contributed by atoms with E-state index in [0.29, 0.717) is 18.0 Å². The molecule has 0 saturated heterocycles. The minimum atomic E-state index is -0.320. The second-order valence-electron chi connectivity index (χ2n) is 7.20. The van der Waals surface area contributed by atoms with Crippen LogP contribution in [0.15, 0.2) is 54.6 Å². The van der Waals surface area contributed by atoms with Gasteiger partial charge in [-0.25, -0.2) is 4.39 Å². The molecule has 0 fully saturated rings. The average molecular weight is 424 g/mol. The van der Waals surface area contributed by atoms with Crippen LogP contribution < -0.4 is 4.74 Å². The third-order valence-electron chi connectivity index (χ3n) is 5.31. The largest absolute Gasteiger partial charge is 0.468 e. The summed E-state index contributed by atoms with van der Waals surface area (Å²) >= 11 is 0. The molecule has 31 heavy (non-hydrogen) atoms. The van der Waals surface area contributed by atoms with E-state index in [4.69, 9.17) is 4.74 Å². The summed E-state index contributed by atoms with van der Waals surface area (Å²) in [5.74, 6) is -0.257.